The second-order valence-corrected chi connectivity index (χ2v) is 4.40. The van der Waals surface area contributed by atoms with Gasteiger partial charge in [0.2, 0.25) is 0 Å². The van der Waals surface area contributed by atoms with E-state index in [0.717, 1.165) is 12.4 Å². The minimum absolute atomic E-state index is 0.236. The molecule has 1 saturated heterocycles. The fourth-order valence-electron chi connectivity index (χ4n) is 1.84. The number of tetrazole rings is 1. The quantitative estimate of drug-likeness (QED) is 0.692. The van der Waals surface area contributed by atoms with Crippen LogP contribution in [0.5, 0.6) is 0 Å². The maximum absolute atomic E-state index is 5.60. The van der Waals surface area contributed by atoms with Gasteiger partial charge in [0, 0.05) is 6.54 Å². The highest BCUT2D eigenvalue weighted by atomic mass is 32.1. The van der Waals surface area contributed by atoms with Crippen LogP contribution in [0.1, 0.15) is 0 Å². The lowest BCUT2D eigenvalue weighted by atomic mass is 10.2. The number of nitrogens with zero attached hydrogens (tertiary/aromatic N) is 6. The zero-order valence-electron chi connectivity index (χ0n) is 9.43. The van der Waals surface area contributed by atoms with Crippen molar-refractivity contribution in [2.75, 3.05) is 24.6 Å². The van der Waals surface area contributed by atoms with Gasteiger partial charge >= 0.3 is 0 Å². The van der Waals surface area contributed by atoms with Crippen LogP contribution in [-0.4, -0.2) is 56.0 Å². The molecule has 0 spiro atoms. The smallest absolute Gasteiger partial charge is 0.200 e. The van der Waals surface area contributed by atoms with Crippen molar-refractivity contribution in [2.45, 2.75) is 6.10 Å². The Morgan fingerprint density at radius 3 is 3.22 bits per heavy atom. The maximum atomic E-state index is 5.60. The van der Waals surface area contributed by atoms with Gasteiger partial charge in [-0.1, -0.05) is 12.2 Å². The molecular weight excluding hydrogens is 254 g/mol. The van der Waals surface area contributed by atoms with Crippen LogP contribution in [-0.2, 0) is 4.74 Å². The number of hydrogen-bond acceptors (Lipinski definition) is 7. The highest BCUT2D eigenvalue weighted by Gasteiger charge is 2.23. The number of nitrogens with two attached hydrogens (primary N) is 1. The van der Waals surface area contributed by atoms with Crippen LogP contribution in [0.15, 0.2) is 12.1 Å². The minimum atomic E-state index is -0.236. The Balaban J connectivity index is 1.86. The average molecular weight is 265 g/mol. The first-order chi connectivity index (χ1) is 8.74. The Kier molecular flexibility index (Phi) is 2.76. The number of thiocarbonyl (C=S) groups is 1. The first-order valence-electron chi connectivity index (χ1n) is 5.45. The summed E-state index contributed by atoms with van der Waals surface area (Å²) < 4.78 is 6.87. The molecule has 3 rings (SSSR count). The fourth-order valence-corrected chi connectivity index (χ4v) is 1.98. The molecule has 0 radical (unpaired) electrons. The van der Waals surface area contributed by atoms with Crippen LogP contribution >= 0.6 is 12.2 Å². The van der Waals surface area contributed by atoms with Gasteiger partial charge in [0.05, 0.1) is 13.2 Å². The first kappa shape index (κ1) is 11.2. The van der Waals surface area contributed by atoms with Gasteiger partial charge < -0.3 is 15.4 Å². The molecule has 1 aliphatic heterocycles. The third kappa shape index (κ3) is 1.97. The number of morpholine rings is 1. The molecule has 0 amide bonds. The van der Waals surface area contributed by atoms with Crippen LogP contribution in [0.3, 0.4) is 0 Å². The van der Waals surface area contributed by atoms with E-state index in [9.17, 15) is 0 Å². The molecule has 3 heterocycles. The Morgan fingerprint density at radius 1 is 1.50 bits per heavy atom. The third-order valence-electron chi connectivity index (χ3n) is 2.76. The van der Waals surface area contributed by atoms with Crippen LogP contribution in [0.4, 0.5) is 5.82 Å². The lowest BCUT2D eigenvalue weighted by molar-refractivity contribution is 0.0843. The summed E-state index contributed by atoms with van der Waals surface area (Å²) in [5, 5.41) is 15.4. The predicted octanol–water partition coefficient (Wildman–Crippen LogP) is -0.989. The van der Waals surface area contributed by atoms with E-state index >= 15 is 0 Å². The SMILES string of the molecule is NC(=S)C1CN(c2ccc3nnnn3n2)CCO1. The van der Waals surface area contributed by atoms with Gasteiger partial charge in [0.15, 0.2) is 11.5 Å². The van der Waals surface area contributed by atoms with Gasteiger partial charge in [0.1, 0.15) is 11.1 Å². The number of aromatic nitrogens is 5. The Hall–Kier alpha value is -1.87. The number of anilines is 1. The third-order valence-corrected chi connectivity index (χ3v) is 3.03. The molecule has 8 nitrogen and oxygen atoms in total. The molecule has 0 saturated carbocycles. The number of rotatable bonds is 2. The predicted molar refractivity (Wildman–Crippen MR) is 67.3 cm³/mol. The molecule has 1 fully saturated rings. The summed E-state index contributed by atoms with van der Waals surface area (Å²) in [6, 6.07) is 3.68. The van der Waals surface area contributed by atoms with E-state index in [1.807, 2.05) is 12.1 Å². The molecule has 2 aromatic rings. The number of ether oxygens (including phenoxy) is 1. The molecule has 0 aliphatic carbocycles. The Bertz CT molecular complexity index is 585. The van der Waals surface area contributed by atoms with E-state index in [1.54, 1.807) is 0 Å². The molecule has 0 aromatic carbocycles. The van der Waals surface area contributed by atoms with Crippen molar-refractivity contribution in [3.8, 4) is 0 Å². The molecule has 94 valence electrons. The summed E-state index contributed by atoms with van der Waals surface area (Å²) in [4.78, 5) is 2.41. The summed E-state index contributed by atoms with van der Waals surface area (Å²) in [6.07, 6.45) is -0.236. The van der Waals surface area contributed by atoms with E-state index in [1.165, 1.54) is 4.63 Å². The second kappa shape index (κ2) is 4.42. The number of hydrogen-bond donors (Lipinski definition) is 1. The largest absolute Gasteiger partial charge is 0.391 e. The highest BCUT2D eigenvalue weighted by Crippen LogP contribution is 2.15. The van der Waals surface area contributed by atoms with Crippen LogP contribution < -0.4 is 10.6 Å². The monoisotopic (exact) mass is 265 g/mol. The Morgan fingerprint density at radius 2 is 2.39 bits per heavy atom. The zero-order valence-corrected chi connectivity index (χ0v) is 10.2. The standard InChI is InChI=1S/C9H11N7OS/c10-9(18)6-5-15(3-4-17-6)8-2-1-7-11-13-14-16(7)12-8/h1-2,6H,3-5H2,(H2,10,18). The maximum Gasteiger partial charge on any atom is 0.200 e. The van der Waals surface area contributed by atoms with E-state index in [-0.39, 0.29) is 6.10 Å². The molecule has 1 unspecified atom stereocenters. The van der Waals surface area contributed by atoms with E-state index in [4.69, 9.17) is 22.7 Å². The molecule has 2 N–H and O–H groups in total. The van der Waals surface area contributed by atoms with Crippen molar-refractivity contribution in [1.82, 2.24) is 25.3 Å². The summed E-state index contributed by atoms with van der Waals surface area (Å²) in [7, 11) is 0. The summed E-state index contributed by atoms with van der Waals surface area (Å²) in [5.74, 6) is 0.777. The van der Waals surface area contributed by atoms with Gasteiger partial charge in [-0.25, -0.2) is 0 Å². The van der Waals surface area contributed by atoms with E-state index in [2.05, 4.69) is 25.5 Å². The van der Waals surface area contributed by atoms with Gasteiger partial charge in [0.25, 0.3) is 0 Å². The highest BCUT2D eigenvalue weighted by molar-refractivity contribution is 7.80. The van der Waals surface area contributed by atoms with Crippen LogP contribution in [0, 0.1) is 0 Å². The second-order valence-electron chi connectivity index (χ2n) is 3.93. The lowest BCUT2D eigenvalue weighted by Crippen LogP contribution is -2.48. The van der Waals surface area contributed by atoms with Crippen molar-refractivity contribution < 1.29 is 4.74 Å². The molecule has 2 aromatic heterocycles. The van der Waals surface area contributed by atoms with Crippen molar-refractivity contribution in [3.63, 3.8) is 0 Å². The summed E-state index contributed by atoms with van der Waals surface area (Å²) in [5.41, 5.74) is 6.21. The molecule has 18 heavy (non-hydrogen) atoms. The van der Waals surface area contributed by atoms with Crippen molar-refractivity contribution in [3.05, 3.63) is 12.1 Å². The first-order valence-corrected chi connectivity index (χ1v) is 5.86. The van der Waals surface area contributed by atoms with E-state index in [0.29, 0.717) is 23.8 Å². The fraction of sp³-hybridized carbons (Fsp3) is 0.444. The Labute approximate surface area is 108 Å². The zero-order chi connectivity index (χ0) is 12.5. The summed E-state index contributed by atoms with van der Waals surface area (Å²) >= 11 is 4.95. The van der Waals surface area contributed by atoms with Gasteiger partial charge in [-0.3, -0.25) is 0 Å². The normalized spacial score (nSPS) is 20.2. The molecule has 0 bridgehead atoms. The molecule has 1 atom stereocenters. The molecular formula is C9H11N7OS. The van der Waals surface area contributed by atoms with Crippen LogP contribution in [0.25, 0.3) is 5.65 Å². The van der Waals surface area contributed by atoms with Crippen molar-refractivity contribution in [2.24, 2.45) is 5.73 Å². The minimum Gasteiger partial charge on any atom is -0.391 e. The average Bonchev–Trinajstić information content (AvgIpc) is 2.86. The van der Waals surface area contributed by atoms with Gasteiger partial charge in [-0.2, -0.15) is 0 Å². The topological polar surface area (TPSA) is 94.5 Å². The van der Waals surface area contributed by atoms with Crippen molar-refractivity contribution in [1.29, 1.82) is 0 Å². The number of fused-ring (bicyclic) bond motifs is 1. The van der Waals surface area contributed by atoms with Gasteiger partial charge in [-0.15, -0.1) is 14.8 Å². The van der Waals surface area contributed by atoms with Crippen LogP contribution in [0.2, 0.25) is 0 Å². The van der Waals surface area contributed by atoms with E-state index < -0.39 is 0 Å². The molecule has 9 heteroatoms. The van der Waals surface area contributed by atoms with Gasteiger partial charge in [-0.05, 0) is 22.6 Å². The van der Waals surface area contributed by atoms with Crippen molar-refractivity contribution >= 4 is 28.7 Å². The summed E-state index contributed by atoms with van der Waals surface area (Å²) in [6.45, 7) is 1.90. The molecule has 1 aliphatic rings. The lowest BCUT2D eigenvalue weighted by Gasteiger charge is -2.32.